The van der Waals surface area contributed by atoms with Crippen molar-refractivity contribution < 1.29 is 4.57 Å². The van der Waals surface area contributed by atoms with Crippen LogP contribution in [0.3, 0.4) is 0 Å². The zero-order chi connectivity index (χ0) is 9.10. The number of aryl methyl sites for hydroxylation is 3. The third-order valence-electron chi connectivity index (χ3n) is 2.86. The molecule has 0 atom stereocenters. The molecule has 0 spiro atoms. The molecule has 2 rings (SSSR count). The summed E-state index contributed by atoms with van der Waals surface area (Å²) in [4.78, 5) is 0. The Hall–Kier alpha value is -0.850. The molecule has 13 heavy (non-hydrogen) atoms. The Morgan fingerprint density at radius 2 is 2.00 bits per heavy atom. The van der Waals surface area contributed by atoms with Crippen LogP contribution < -0.4 is 4.57 Å². The summed E-state index contributed by atoms with van der Waals surface area (Å²) in [6, 6.07) is 4.55. The van der Waals surface area contributed by atoms with Crippen molar-refractivity contribution in [2.45, 2.75) is 45.6 Å². The van der Waals surface area contributed by atoms with Gasteiger partial charge in [0, 0.05) is 25.0 Å². The predicted octanol–water partition coefficient (Wildman–Crippen LogP) is 2.40. The standard InChI is InChI=1S/C12H18N/c1-11-7-9-13-8-5-3-2-4-6-12(13)10-11/h7,9-10H,2-6,8H2,1H3/q+1. The van der Waals surface area contributed by atoms with Crippen molar-refractivity contribution in [3.8, 4) is 0 Å². The van der Waals surface area contributed by atoms with Crippen molar-refractivity contribution >= 4 is 0 Å². The molecule has 2 heterocycles. The average molecular weight is 176 g/mol. The van der Waals surface area contributed by atoms with Gasteiger partial charge < -0.3 is 0 Å². The van der Waals surface area contributed by atoms with Crippen LogP contribution in [0.25, 0.3) is 0 Å². The Bertz CT molecular complexity index is 291. The average Bonchev–Trinajstić information content (AvgIpc) is 2.08. The van der Waals surface area contributed by atoms with Crippen LogP contribution in [0.4, 0.5) is 0 Å². The number of pyridine rings is 1. The lowest BCUT2D eigenvalue weighted by atomic mass is 10.1. The Morgan fingerprint density at radius 3 is 2.92 bits per heavy atom. The van der Waals surface area contributed by atoms with Crippen LogP contribution in [-0.2, 0) is 13.0 Å². The van der Waals surface area contributed by atoms with Crippen LogP contribution in [0.15, 0.2) is 18.3 Å². The van der Waals surface area contributed by atoms with Gasteiger partial charge in [0.25, 0.3) is 0 Å². The zero-order valence-electron chi connectivity index (χ0n) is 8.42. The lowest BCUT2D eigenvalue weighted by Gasteiger charge is -2.08. The molecule has 1 aromatic rings. The maximum atomic E-state index is 2.42. The Morgan fingerprint density at radius 1 is 1.15 bits per heavy atom. The smallest absolute Gasteiger partial charge is 0.181 e. The highest BCUT2D eigenvalue weighted by atomic mass is 14.9. The maximum Gasteiger partial charge on any atom is 0.181 e. The fraction of sp³-hybridized carbons (Fsp3) is 0.583. The second kappa shape index (κ2) is 3.91. The summed E-state index contributed by atoms with van der Waals surface area (Å²) in [5.74, 6) is 0. The van der Waals surface area contributed by atoms with E-state index in [1.807, 2.05) is 0 Å². The number of fused-ring (bicyclic) bond motifs is 1. The molecule has 0 unspecified atom stereocenters. The Labute approximate surface area is 80.4 Å². The summed E-state index contributed by atoms with van der Waals surface area (Å²) in [6.07, 6.45) is 9.04. The van der Waals surface area contributed by atoms with E-state index in [2.05, 4.69) is 29.8 Å². The van der Waals surface area contributed by atoms with Crippen LogP contribution in [-0.4, -0.2) is 0 Å². The normalized spacial score (nSPS) is 17.3. The minimum Gasteiger partial charge on any atom is -0.202 e. The van der Waals surface area contributed by atoms with Gasteiger partial charge in [0.05, 0.1) is 0 Å². The number of nitrogens with zero attached hydrogens (tertiary/aromatic N) is 1. The van der Waals surface area contributed by atoms with Crippen molar-refractivity contribution in [1.29, 1.82) is 0 Å². The van der Waals surface area contributed by atoms with Crippen LogP contribution in [0.2, 0.25) is 0 Å². The van der Waals surface area contributed by atoms with Gasteiger partial charge in [-0.2, -0.15) is 0 Å². The summed E-state index contributed by atoms with van der Waals surface area (Å²) in [5, 5.41) is 0. The quantitative estimate of drug-likeness (QED) is 0.534. The van der Waals surface area contributed by atoms with Gasteiger partial charge in [-0.3, -0.25) is 0 Å². The van der Waals surface area contributed by atoms with Crippen molar-refractivity contribution in [2.75, 3.05) is 0 Å². The van der Waals surface area contributed by atoms with E-state index < -0.39 is 0 Å². The lowest BCUT2D eigenvalue weighted by molar-refractivity contribution is -0.705. The number of rotatable bonds is 0. The molecular weight excluding hydrogens is 158 g/mol. The van der Waals surface area contributed by atoms with Crippen molar-refractivity contribution in [2.24, 2.45) is 0 Å². The van der Waals surface area contributed by atoms with Crippen molar-refractivity contribution in [1.82, 2.24) is 0 Å². The SMILES string of the molecule is Cc1cc[n+]2c(c1)CCCCCC2. The van der Waals surface area contributed by atoms with Gasteiger partial charge in [-0.25, -0.2) is 4.57 Å². The van der Waals surface area contributed by atoms with E-state index in [-0.39, 0.29) is 0 Å². The third-order valence-corrected chi connectivity index (χ3v) is 2.86. The van der Waals surface area contributed by atoms with E-state index in [1.165, 1.54) is 49.9 Å². The summed E-state index contributed by atoms with van der Waals surface area (Å²) in [7, 11) is 0. The first kappa shape index (κ1) is 8.74. The molecule has 1 heteroatoms. The second-order valence-corrected chi connectivity index (χ2v) is 4.05. The summed E-state index contributed by atoms with van der Waals surface area (Å²) in [6.45, 7) is 3.40. The predicted molar refractivity (Wildman–Crippen MR) is 53.5 cm³/mol. The second-order valence-electron chi connectivity index (χ2n) is 4.05. The molecule has 0 radical (unpaired) electrons. The molecule has 0 amide bonds. The fourth-order valence-corrected chi connectivity index (χ4v) is 2.07. The maximum absolute atomic E-state index is 2.42. The monoisotopic (exact) mass is 176 g/mol. The van der Waals surface area contributed by atoms with E-state index in [9.17, 15) is 0 Å². The highest BCUT2D eigenvalue weighted by Gasteiger charge is 2.12. The largest absolute Gasteiger partial charge is 0.202 e. The minimum absolute atomic E-state index is 1.22. The molecule has 1 aliphatic heterocycles. The molecular formula is C12H18N+. The Balaban J connectivity index is 2.28. The Kier molecular flexibility index (Phi) is 2.62. The van der Waals surface area contributed by atoms with Gasteiger partial charge in [0.2, 0.25) is 0 Å². The molecule has 0 saturated carbocycles. The van der Waals surface area contributed by atoms with E-state index in [0.717, 1.165) is 0 Å². The minimum atomic E-state index is 1.22. The van der Waals surface area contributed by atoms with E-state index in [1.54, 1.807) is 0 Å². The molecule has 0 bridgehead atoms. The molecule has 0 aromatic carbocycles. The fourth-order valence-electron chi connectivity index (χ4n) is 2.07. The first-order chi connectivity index (χ1) is 6.36. The highest BCUT2D eigenvalue weighted by molar-refractivity contribution is 5.10. The molecule has 1 nitrogen and oxygen atoms in total. The molecule has 1 aromatic heterocycles. The van der Waals surface area contributed by atoms with E-state index in [4.69, 9.17) is 0 Å². The van der Waals surface area contributed by atoms with Crippen LogP contribution in [0, 0.1) is 6.92 Å². The lowest BCUT2D eigenvalue weighted by Crippen LogP contribution is -2.38. The van der Waals surface area contributed by atoms with Crippen molar-refractivity contribution in [3.63, 3.8) is 0 Å². The molecule has 70 valence electrons. The van der Waals surface area contributed by atoms with Crippen LogP contribution >= 0.6 is 0 Å². The number of aromatic nitrogens is 1. The highest BCUT2D eigenvalue weighted by Crippen LogP contribution is 2.10. The summed E-state index contributed by atoms with van der Waals surface area (Å²) >= 11 is 0. The van der Waals surface area contributed by atoms with E-state index >= 15 is 0 Å². The summed E-state index contributed by atoms with van der Waals surface area (Å²) in [5.41, 5.74) is 2.92. The molecule has 0 fully saturated rings. The molecule has 1 aliphatic rings. The third kappa shape index (κ3) is 2.09. The van der Waals surface area contributed by atoms with Gasteiger partial charge in [-0.15, -0.1) is 0 Å². The van der Waals surface area contributed by atoms with Gasteiger partial charge in [0.1, 0.15) is 6.54 Å². The van der Waals surface area contributed by atoms with Gasteiger partial charge in [-0.05, 0) is 25.3 Å². The van der Waals surface area contributed by atoms with E-state index in [0.29, 0.717) is 0 Å². The first-order valence-electron chi connectivity index (χ1n) is 5.35. The van der Waals surface area contributed by atoms with Crippen LogP contribution in [0.1, 0.15) is 36.9 Å². The summed E-state index contributed by atoms with van der Waals surface area (Å²) < 4.78 is 2.42. The number of hydrogen-bond acceptors (Lipinski definition) is 0. The van der Waals surface area contributed by atoms with Gasteiger partial charge >= 0.3 is 0 Å². The van der Waals surface area contributed by atoms with Gasteiger partial charge in [-0.1, -0.05) is 6.42 Å². The van der Waals surface area contributed by atoms with Crippen molar-refractivity contribution in [3.05, 3.63) is 29.6 Å². The molecule has 0 aliphatic carbocycles. The molecule has 0 N–H and O–H groups in total. The molecule has 0 saturated heterocycles. The van der Waals surface area contributed by atoms with Crippen LogP contribution in [0.5, 0.6) is 0 Å². The van der Waals surface area contributed by atoms with Gasteiger partial charge in [0.15, 0.2) is 11.9 Å². The topological polar surface area (TPSA) is 3.88 Å². The number of hydrogen-bond donors (Lipinski definition) is 0. The first-order valence-corrected chi connectivity index (χ1v) is 5.35. The zero-order valence-corrected chi connectivity index (χ0v) is 8.42.